The van der Waals surface area contributed by atoms with Crippen LogP contribution in [0.15, 0.2) is 41.3 Å². The second-order valence-electron chi connectivity index (χ2n) is 4.53. The maximum absolute atomic E-state index is 10.9. The van der Waals surface area contributed by atoms with Crippen LogP contribution in [0.2, 0.25) is 5.02 Å². The fraction of sp³-hybridized carbons (Fsp3) is 0.143. The van der Waals surface area contributed by atoms with Crippen molar-refractivity contribution in [2.45, 2.75) is 17.6 Å². The van der Waals surface area contributed by atoms with Crippen molar-refractivity contribution in [2.24, 2.45) is 0 Å². The molecule has 0 aromatic heterocycles. The molecule has 0 saturated carbocycles. The fourth-order valence-electron chi connectivity index (χ4n) is 1.88. The van der Waals surface area contributed by atoms with Crippen LogP contribution in [0.5, 0.6) is 0 Å². The SMILES string of the molecule is Cc1ccc(-c2ccc(CS(=O)(=O)O)c(Cl)c2S)cc1. The Bertz CT molecular complexity index is 738. The highest BCUT2D eigenvalue weighted by Crippen LogP contribution is 2.35. The van der Waals surface area contributed by atoms with Crippen LogP contribution in [0.25, 0.3) is 11.1 Å². The number of hydrogen-bond acceptors (Lipinski definition) is 3. The van der Waals surface area contributed by atoms with E-state index in [-0.39, 0.29) is 5.02 Å². The summed E-state index contributed by atoms with van der Waals surface area (Å²) in [5, 5.41) is 0.240. The van der Waals surface area contributed by atoms with E-state index in [2.05, 4.69) is 12.6 Å². The minimum absolute atomic E-state index is 0.240. The highest BCUT2D eigenvalue weighted by Gasteiger charge is 2.15. The van der Waals surface area contributed by atoms with Crippen molar-refractivity contribution in [3.63, 3.8) is 0 Å². The number of hydrogen-bond donors (Lipinski definition) is 2. The summed E-state index contributed by atoms with van der Waals surface area (Å²) in [6.07, 6.45) is 0. The van der Waals surface area contributed by atoms with Gasteiger partial charge in [-0.25, -0.2) is 0 Å². The molecule has 106 valence electrons. The van der Waals surface area contributed by atoms with E-state index in [9.17, 15) is 8.42 Å². The predicted molar refractivity (Wildman–Crippen MR) is 84.1 cm³/mol. The van der Waals surface area contributed by atoms with Gasteiger partial charge in [0.25, 0.3) is 10.1 Å². The number of benzene rings is 2. The summed E-state index contributed by atoms with van der Waals surface area (Å²) >= 11 is 10.5. The molecule has 0 amide bonds. The molecule has 20 heavy (non-hydrogen) atoms. The Labute approximate surface area is 128 Å². The van der Waals surface area contributed by atoms with Gasteiger partial charge < -0.3 is 0 Å². The van der Waals surface area contributed by atoms with Crippen molar-refractivity contribution in [1.29, 1.82) is 0 Å². The van der Waals surface area contributed by atoms with Crippen LogP contribution in [0.4, 0.5) is 0 Å². The molecule has 0 radical (unpaired) electrons. The van der Waals surface area contributed by atoms with Gasteiger partial charge in [-0.05, 0) is 23.6 Å². The number of aryl methyl sites for hydroxylation is 1. The first kappa shape index (κ1) is 15.4. The summed E-state index contributed by atoms with van der Waals surface area (Å²) in [6, 6.07) is 11.2. The predicted octanol–water partition coefficient (Wildman–Crippen LogP) is 3.99. The highest BCUT2D eigenvalue weighted by molar-refractivity contribution is 7.85. The van der Waals surface area contributed by atoms with E-state index in [1.807, 2.05) is 31.2 Å². The Hall–Kier alpha value is -1.01. The van der Waals surface area contributed by atoms with Crippen LogP contribution < -0.4 is 0 Å². The fourth-order valence-corrected chi connectivity index (χ4v) is 3.17. The maximum atomic E-state index is 10.9. The topological polar surface area (TPSA) is 54.4 Å². The maximum Gasteiger partial charge on any atom is 0.269 e. The second kappa shape index (κ2) is 5.77. The largest absolute Gasteiger partial charge is 0.285 e. The molecule has 0 heterocycles. The lowest BCUT2D eigenvalue weighted by molar-refractivity contribution is 0.482. The molecule has 0 aliphatic rings. The monoisotopic (exact) mass is 328 g/mol. The van der Waals surface area contributed by atoms with Gasteiger partial charge in [-0.1, -0.05) is 53.6 Å². The van der Waals surface area contributed by atoms with Crippen molar-refractivity contribution >= 4 is 34.3 Å². The molecule has 6 heteroatoms. The zero-order valence-corrected chi connectivity index (χ0v) is 13.1. The third-order valence-electron chi connectivity index (χ3n) is 2.90. The molecule has 0 atom stereocenters. The normalized spacial score (nSPS) is 11.6. The van der Waals surface area contributed by atoms with Crippen molar-refractivity contribution < 1.29 is 13.0 Å². The van der Waals surface area contributed by atoms with E-state index in [4.69, 9.17) is 16.2 Å². The lowest BCUT2D eigenvalue weighted by Crippen LogP contribution is -2.02. The molecule has 3 nitrogen and oxygen atoms in total. The lowest BCUT2D eigenvalue weighted by Gasteiger charge is -2.11. The van der Waals surface area contributed by atoms with Crippen LogP contribution in [-0.4, -0.2) is 13.0 Å². The van der Waals surface area contributed by atoms with Gasteiger partial charge in [0.15, 0.2) is 0 Å². The number of halogens is 1. The zero-order valence-electron chi connectivity index (χ0n) is 10.7. The third kappa shape index (κ3) is 3.55. The van der Waals surface area contributed by atoms with Gasteiger partial charge in [0, 0.05) is 4.90 Å². The molecular formula is C14H13ClO3S2. The molecule has 0 fully saturated rings. The molecule has 0 spiro atoms. The lowest BCUT2D eigenvalue weighted by atomic mass is 10.0. The standard InChI is InChI=1S/C14H13ClO3S2/c1-9-2-4-10(5-3-9)12-7-6-11(8-20(16,17)18)13(15)14(12)19/h2-7,19H,8H2,1H3,(H,16,17,18). The van der Waals surface area contributed by atoms with Crippen molar-refractivity contribution in [2.75, 3.05) is 0 Å². The van der Waals surface area contributed by atoms with Crippen molar-refractivity contribution in [3.05, 3.63) is 52.5 Å². The molecule has 2 aromatic rings. The Kier molecular flexibility index (Phi) is 4.44. The van der Waals surface area contributed by atoms with E-state index in [0.717, 1.165) is 16.7 Å². The second-order valence-corrected chi connectivity index (χ2v) is 6.80. The third-order valence-corrected chi connectivity index (χ3v) is 4.60. The molecule has 0 aliphatic carbocycles. The first-order valence-corrected chi connectivity index (χ1v) is 8.24. The summed E-state index contributed by atoms with van der Waals surface area (Å²) < 4.78 is 30.7. The minimum Gasteiger partial charge on any atom is -0.285 e. The van der Waals surface area contributed by atoms with E-state index in [1.165, 1.54) is 0 Å². The quantitative estimate of drug-likeness (QED) is 0.661. The number of thiol groups is 1. The van der Waals surface area contributed by atoms with E-state index in [1.54, 1.807) is 12.1 Å². The highest BCUT2D eigenvalue weighted by atomic mass is 35.5. The molecule has 0 unspecified atom stereocenters. The summed E-state index contributed by atoms with van der Waals surface area (Å²) in [6.45, 7) is 1.99. The molecule has 0 saturated heterocycles. The summed E-state index contributed by atoms with van der Waals surface area (Å²) in [5.74, 6) is -0.520. The van der Waals surface area contributed by atoms with Gasteiger partial charge in [0.05, 0.1) is 5.02 Å². The Morgan fingerprint density at radius 1 is 1.15 bits per heavy atom. The molecule has 2 rings (SSSR count). The average Bonchev–Trinajstić information content (AvgIpc) is 2.35. The smallest absolute Gasteiger partial charge is 0.269 e. The van der Waals surface area contributed by atoms with Crippen molar-refractivity contribution in [3.8, 4) is 11.1 Å². The average molecular weight is 329 g/mol. The zero-order chi connectivity index (χ0) is 14.9. The summed E-state index contributed by atoms with van der Waals surface area (Å²) in [7, 11) is -4.12. The van der Waals surface area contributed by atoms with E-state index >= 15 is 0 Å². The van der Waals surface area contributed by atoms with Gasteiger partial charge >= 0.3 is 0 Å². The van der Waals surface area contributed by atoms with Crippen molar-refractivity contribution in [1.82, 2.24) is 0 Å². The van der Waals surface area contributed by atoms with E-state index < -0.39 is 15.9 Å². The van der Waals surface area contributed by atoms with E-state index in [0.29, 0.717) is 10.5 Å². The number of rotatable bonds is 3. The molecule has 0 aliphatic heterocycles. The Morgan fingerprint density at radius 3 is 2.30 bits per heavy atom. The summed E-state index contributed by atoms with van der Waals surface area (Å²) in [5.41, 5.74) is 3.23. The van der Waals surface area contributed by atoms with Crippen LogP contribution >= 0.6 is 24.2 Å². The Balaban J connectivity index is 2.48. The summed E-state index contributed by atoms with van der Waals surface area (Å²) in [4.78, 5) is 0.497. The van der Waals surface area contributed by atoms with Crippen LogP contribution in [0, 0.1) is 6.92 Å². The Morgan fingerprint density at radius 2 is 1.75 bits per heavy atom. The van der Waals surface area contributed by atoms with Gasteiger partial charge in [-0.3, -0.25) is 4.55 Å². The first-order chi connectivity index (χ1) is 9.28. The first-order valence-electron chi connectivity index (χ1n) is 5.80. The van der Waals surface area contributed by atoms with Gasteiger partial charge in [0.1, 0.15) is 5.75 Å². The minimum atomic E-state index is -4.12. The van der Waals surface area contributed by atoms with Crippen LogP contribution in [0.3, 0.4) is 0 Å². The van der Waals surface area contributed by atoms with Gasteiger partial charge in [-0.15, -0.1) is 12.6 Å². The van der Waals surface area contributed by atoms with Crippen LogP contribution in [-0.2, 0) is 15.9 Å². The van der Waals surface area contributed by atoms with Gasteiger partial charge in [0.2, 0.25) is 0 Å². The van der Waals surface area contributed by atoms with Gasteiger partial charge in [-0.2, -0.15) is 8.42 Å². The molecule has 0 bridgehead atoms. The molecular weight excluding hydrogens is 316 g/mol. The molecule has 2 aromatic carbocycles. The van der Waals surface area contributed by atoms with Crippen LogP contribution in [0.1, 0.15) is 11.1 Å². The molecule has 1 N–H and O–H groups in total.